The second kappa shape index (κ2) is 8.26. The van der Waals surface area contributed by atoms with Gasteiger partial charge in [0.25, 0.3) is 10.5 Å². The maximum Gasteiger partial charge on any atom is 0.296 e. The van der Waals surface area contributed by atoms with Crippen LogP contribution >= 0.6 is 21.6 Å². The molecule has 0 aromatic heterocycles. The molecule has 2 aromatic rings. The number of hydrogen-bond acceptors (Lipinski definition) is 4. The summed E-state index contributed by atoms with van der Waals surface area (Å²) < 4.78 is 0. The molecule has 0 heterocycles. The van der Waals surface area contributed by atoms with E-state index in [0.29, 0.717) is 0 Å². The second-order valence-electron chi connectivity index (χ2n) is 5.39. The fraction of sp³-hybridized carbons (Fsp3) is 0.222. The fourth-order valence-electron chi connectivity index (χ4n) is 2.37. The molecule has 2 amide bonds. The number of anilines is 2. The summed E-state index contributed by atoms with van der Waals surface area (Å²) in [7, 11) is 5.31. The summed E-state index contributed by atoms with van der Waals surface area (Å²) in [5.41, 5.74) is 3.75. The topological polar surface area (TPSA) is 40.6 Å². The van der Waals surface area contributed by atoms with Crippen LogP contribution in [0, 0.1) is 13.8 Å². The Morgan fingerprint density at radius 3 is 1.79 bits per heavy atom. The molecule has 0 aliphatic rings. The fourth-order valence-corrected chi connectivity index (χ4v) is 4.03. The highest BCUT2D eigenvalue weighted by molar-refractivity contribution is 8.87. The van der Waals surface area contributed by atoms with E-state index < -0.39 is 0 Å². The first-order valence-electron chi connectivity index (χ1n) is 7.43. The number of carbonyl (C=O) groups excluding carboxylic acids is 2. The summed E-state index contributed by atoms with van der Waals surface area (Å²) in [6, 6.07) is 15.3. The zero-order valence-corrected chi connectivity index (χ0v) is 15.8. The SMILES string of the molecule is Cc1cccc(C)c1N(C)C(=O)SSC(=O)N(C)c1ccccc1. The van der Waals surface area contributed by atoms with Crippen molar-refractivity contribution >= 4 is 43.4 Å². The van der Waals surface area contributed by atoms with E-state index in [0.717, 1.165) is 44.1 Å². The van der Waals surface area contributed by atoms with Crippen molar-refractivity contribution < 1.29 is 9.59 Å². The van der Waals surface area contributed by atoms with E-state index in [9.17, 15) is 9.59 Å². The van der Waals surface area contributed by atoms with Gasteiger partial charge in [-0.25, -0.2) is 0 Å². The van der Waals surface area contributed by atoms with Crippen molar-refractivity contribution in [1.29, 1.82) is 0 Å². The average Bonchev–Trinajstić information content (AvgIpc) is 2.59. The lowest BCUT2D eigenvalue weighted by Gasteiger charge is -2.21. The normalized spacial score (nSPS) is 10.3. The standard InChI is InChI=1S/C18H20N2O2S2/c1-13-9-8-10-14(2)16(13)20(4)18(22)24-23-17(21)19(3)15-11-6-5-7-12-15/h5-12H,1-4H3. The van der Waals surface area contributed by atoms with Crippen LogP contribution in [-0.2, 0) is 0 Å². The molecule has 0 N–H and O–H groups in total. The maximum atomic E-state index is 12.4. The Morgan fingerprint density at radius 1 is 0.750 bits per heavy atom. The molecule has 0 bridgehead atoms. The molecule has 126 valence electrons. The number of hydrogen-bond donors (Lipinski definition) is 0. The molecule has 0 saturated carbocycles. The van der Waals surface area contributed by atoms with Gasteiger partial charge in [-0.1, -0.05) is 36.4 Å². The summed E-state index contributed by atoms with van der Waals surface area (Å²) in [4.78, 5) is 27.8. The Hall–Kier alpha value is -1.92. The summed E-state index contributed by atoms with van der Waals surface area (Å²) in [6.45, 7) is 3.94. The first-order chi connectivity index (χ1) is 11.4. The minimum Gasteiger partial charge on any atom is -0.306 e. The van der Waals surface area contributed by atoms with Crippen molar-refractivity contribution in [3.05, 3.63) is 59.7 Å². The van der Waals surface area contributed by atoms with Crippen molar-refractivity contribution in [2.45, 2.75) is 13.8 Å². The lowest BCUT2D eigenvalue weighted by molar-refractivity contribution is 0.265. The first-order valence-corrected chi connectivity index (χ1v) is 9.58. The Labute approximate surface area is 150 Å². The van der Waals surface area contributed by atoms with Crippen LogP contribution in [0.5, 0.6) is 0 Å². The predicted molar refractivity (Wildman–Crippen MR) is 105 cm³/mol. The number of aryl methyl sites for hydroxylation is 2. The molecule has 0 spiro atoms. The van der Waals surface area contributed by atoms with Gasteiger partial charge in [-0.3, -0.25) is 9.59 Å². The molecule has 0 atom stereocenters. The molecule has 0 saturated heterocycles. The lowest BCUT2D eigenvalue weighted by Crippen LogP contribution is -2.24. The number of para-hydroxylation sites is 2. The van der Waals surface area contributed by atoms with Gasteiger partial charge in [0.15, 0.2) is 0 Å². The lowest BCUT2D eigenvalue weighted by atomic mass is 10.1. The number of benzene rings is 2. The molecule has 0 unspecified atom stereocenters. The molecule has 2 rings (SSSR count). The van der Waals surface area contributed by atoms with Crippen molar-refractivity contribution in [1.82, 2.24) is 0 Å². The Bertz CT molecular complexity index is 715. The Kier molecular flexibility index (Phi) is 6.34. The van der Waals surface area contributed by atoms with Gasteiger partial charge in [0.1, 0.15) is 0 Å². The third kappa shape index (κ3) is 4.33. The largest absolute Gasteiger partial charge is 0.306 e. The Balaban J connectivity index is 1.99. The third-order valence-corrected chi connectivity index (χ3v) is 5.67. The average molecular weight is 361 g/mol. The van der Waals surface area contributed by atoms with Gasteiger partial charge in [-0.2, -0.15) is 0 Å². The molecule has 24 heavy (non-hydrogen) atoms. The number of carbonyl (C=O) groups is 2. The van der Waals surface area contributed by atoms with Crippen LogP contribution in [0.4, 0.5) is 21.0 Å². The monoisotopic (exact) mass is 360 g/mol. The highest BCUT2D eigenvalue weighted by Gasteiger charge is 2.19. The predicted octanol–water partition coefficient (Wildman–Crippen LogP) is 5.50. The van der Waals surface area contributed by atoms with Crippen LogP contribution in [0.2, 0.25) is 0 Å². The molecule has 0 aliphatic heterocycles. The molecular formula is C18H20N2O2S2. The van der Waals surface area contributed by atoms with Gasteiger partial charge in [0, 0.05) is 47.1 Å². The van der Waals surface area contributed by atoms with Crippen LogP contribution in [0.3, 0.4) is 0 Å². The van der Waals surface area contributed by atoms with E-state index in [1.165, 1.54) is 4.90 Å². The summed E-state index contributed by atoms with van der Waals surface area (Å²) in [5, 5.41) is -0.360. The van der Waals surface area contributed by atoms with E-state index >= 15 is 0 Å². The highest BCUT2D eigenvalue weighted by Crippen LogP contribution is 2.32. The van der Waals surface area contributed by atoms with Crippen LogP contribution in [0.25, 0.3) is 0 Å². The molecule has 0 radical (unpaired) electrons. The smallest absolute Gasteiger partial charge is 0.296 e. The van der Waals surface area contributed by atoms with Gasteiger partial charge < -0.3 is 9.80 Å². The number of nitrogens with zero attached hydrogens (tertiary/aromatic N) is 2. The van der Waals surface area contributed by atoms with Crippen LogP contribution < -0.4 is 9.80 Å². The van der Waals surface area contributed by atoms with Crippen LogP contribution in [0.15, 0.2) is 48.5 Å². The van der Waals surface area contributed by atoms with Gasteiger partial charge in [-0.05, 0) is 37.1 Å². The molecule has 0 fully saturated rings. The van der Waals surface area contributed by atoms with E-state index in [-0.39, 0.29) is 10.5 Å². The minimum atomic E-state index is -0.186. The molecule has 0 aliphatic carbocycles. The molecular weight excluding hydrogens is 340 g/mol. The third-order valence-electron chi connectivity index (χ3n) is 3.65. The first kappa shape index (κ1) is 18.4. The molecule has 2 aromatic carbocycles. The number of amides is 2. The number of rotatable bonds is 2. The van der Waals surface area contributed by atoms with Gasteiger partial charge in [0.2, 0.25) is 0 Å². The van der Waals surface area contributed by atoms with Gasteiger partial charge in [0.05, 0.1) is 0 Å². The summed E-state index contributed by atoms with van der Waals surface area (Å²) >= 11 is 0. The zero-order valence-electron chi connectivity index (χ0n) is 14.1. The van der Waals surface area contributed by atoms with E-state index in [2.05, 4.69) is 0 Å². The van der Waals surface area contributed by atoms with Gasteiger partial charge >= 0.3 is 0 Å². The van der Waals surface area contributed by atoms with Crippen molar-refractivity contribution in [2.75, 3.05) is 23.9 Å². The van der Waals surface area contributed by atoms with Crippen LogP contribution in [0.1, 0.15) is 11.1 Å². The van der Waals surface area contributed by atoms with Gasteiger partial charge in [-0.15, -0.1) is 0 Å². The highest BCUT2D eigenvalue weighted by atomic mass is 33.1. The van der Waals surface area contributed by atoms with Crippen molar-refractivity contribution in [3.8, 4) is 0 Å². The van der Waals surface area contributed by atoms with E-state index in [1.807, 2.05) is 62.4 Å². The van der Waals surface area contributed by atoms with Crippen LogP contribution in [-0.4, -0.2) is 24.6 Å². The Morgan fingerprint density at radius 2 is 1.25 bits per heavy atom. The molecule has 4 nitrogen and oxygen atoms in total. The minimum absolute atomic E-state index is 0.174. The van der Waals surface area contributed by atoms with Crippen molar-refractivity contribution in [2.24, 2.45) is 0 Å². The zero-order chi connectivity index (χ0) is 17.7. The van der Waals surface area contributed by atoms with E-state index in [1.54, 1.807) is 19.0 Å². The summed E-state index contributed by atoms with van der Waals surface area (Å²) in [6.07, 6.45) is 0. The quantitative estimate of drug-likeness (QED) is 0.663. The summed E-state index contributed by atoms with van der Waals surface area (Å²) in [5.74, 6) is 0. The van der Waals surface area contributed by atoms with E-state index in [4.69, 9.17) is 0 Å². The molecule has 6 heteroatoms. The van der Waals surface area contributed by atoms with Crippen molar-refractivity contribution in [3.63, 3.8) is 0 Å². The second-order valence-corrected chi connectivity index (χ2v) is 7.42. The maximum absolute atomic E-state index is 12.4.